The average molecular weight is 214 g/mol. The molecule has 2 rings (SSSR count). The van der Waals surface area contributed by atoms with E-state index in [-0.39, 0.29) is 5.75 Å². The van der Waals surface area contributed by atoms with Crippen LogP contribution in [0.4, 0.5) is 0 Å². The fourth-order valence-corrected chi connectivity index (χ4v) is 1.99. The second-order valence-corrected chi connectivity index (χ2v) is 5.13. The first kappa shape index (κ1) is 10.2. The van der Waals surface area contributed by atoms with Crippen LogP contribution >= 0.6 is 11.3 Å². The van der Waals surface area contributed by atoms with Gasteiger partial charge in [-0.2, -0.15) is 11.3 Å². The molecule has 13 heavy (non-hydrogen) atoms. The molecular weight excluding hydrogens is 204 g/mol. The Kier molecular flexibility index (Phi) is 3.92. The van der Waals surface area contributed by atoms with Crippen molar-refractivity contribution >= 4 is 21.2 Å². The molecule has 1 aromatic heterocycles. The van der Waals surface area contributed by atoms with Crippen LogP contribution in [0.3, 0.4) is 0 Å². The molecule has 0 saturated heterocycles. The summed E-state index contributed by atoms with van der Waals surface area (Å²) in [6.07, 6.45) is 4.87. The number of sulfone groups is 1. The van der Waals surface area contributed by atoms with E-state index in [1.807, 2.05) is 22.9 Å². The Hall–Kier alpha value is -0.870. The van der Waals surface area contributed by atoms with E-state index in [0.717, 1.165) is 0 Å². The van der Waals surface area contributed by atoms with Crippen molar-refractivity contribution in [2.24, 2.45) is 0 Å². The molecule has 0 N–H and O–H groups in total. The molecule has 0 aromatic carbocycles. The van der Waals surface area contributed by atoms with Crippen LogP contribution in [0, 0.1) is 0 Å². The lowest BCUT2D eigenvalue weighted by molar-refractivity contribution is 0.607. The lowest BCUT2D eigenvalue weighted by atomic mass is 10.5. The van der Waals surface area contributed by atoms with Gasteiger partial charge < -0.3 is 0 Å². The first-order valence-corrected chi connectivity index (χ1v) is 6.40. The molecule has 1 aromatic rings. The third-order valence-electron chi connectivity index (χ3n) is 1.29. The molecule has 70 valence electrons. The van der Waals surface area contributed by atoms with E-state index in [9.17, 15) is 8.42 Å². The van der Waals surface area contributed by atoms with Gasteiger partial charge in [0.15, 0.2) is 9.84 Å². The van der Waals surface area contributed by atoms with Crippen LogP contribution in [-0.2, 0) is 9.84 Å². The summed E-state index contributed by atoms with van der Waals surface area (Å²) in [5.41, 5.74) is 0. The van der Waals surface area contributed by atoms with Crippen LogP contribution in [0.1, 0.15) is 0 Å². The largest absolute Gasteiger partial charge is 0.224 e. The summed E-state index contributed by atoms with van der Waals surface area (Å²) >= 11 is 1.71. The van der Waals surface area contributed by atoms with Crippen molar-refractivity contribution in [1.82, 2.24) is 0 Å². The molecule has 1 aliphatic heterocycles. The van der Waals surface area contributed by atoms with Crippen molar-refractivity contribution in [1.29, 1.82) is 0 Å². The van der Waals surface area contributed by atoms with Gasteiger partial charge in [-0.25, -0.2) is 8.42 Å². The van der Waals surface area contributed by atoms with E-state index in [1.165, 1.54) is 11.5 Å². The van der Waals surface area contributed by atoms with E-state index in [2.05, 4.69) is 0 Å². The molecule has 0 radical (unpaired) electrons. The smallest absolute Gasteiger partial charge is 0.175 e. The summed E-state index contributed by atoms with van der Waals surface area (Å²) in [6, 6.07) is 4.04. The quantitative estimate of drug-likeness (QED) is 0.663. The van der Waals surface area contributed by atoms with Crippen molar-refractivity contribution in [3.63, 3.8) is 0 Å². The topological polar surface area (TPSA) is 34.1 Å². The summed E-state index contributed by atoms with van der Waals surface area (Å²) in [7, 11) is -2.85. The highest BCUT2D eigenvalue weighted by molar-refractivity contribution is 7.94. The summed E-state index contributed by atoms with van der Waals surface area (Å²) in [6.45, 7) is 0. The minimum Gasteiger partial charge on any atom is -0.224 e. The third-order valence-corrected chi connectivity index (χ3v) is 3.14. The van der Waals surface area contributed by atoms with Gasteiger partial charge >= 0.3 is 0 Å². The fourth-order valence-electron chi connectivity index (χ4n) is 0.716. The Morgan fingerprint density at radius 2 is 1.77 bits per heavy atom. The van der Waals surface area contributed by atoms with Crippen LogP contribution in [0.25, 0.3) is 0 Å². The van der Waals surface area contributed by atoms with E-state index >= 15 is 0 Å². The van der Waals surface area contributed by atoms with E-state index in [4.69, 9.17) is 0 Å². The number of allylic oxidation sites excluding steroid dienone is 2. The number of hydrogen-bond acceptors (Lipinski definition) is 3. The van der Waals surface area contributed by atoms with Crippen LogP contribution < -0.4 is 0 Å². The van der Waals surface area contributed by atoms with Crippen molar-refractivity contribution in [2.75, 3.05) is 5.75 Å². The zero-order chi connectivity index (χ0) is 9.57. The molecule has 4 heteroatoms. The molecule has 2 nitrogen and oxygen atoms in total. The Bertz CT molecular complexity index is 355. The van der Waals surface area contributed by atoms with Crippen molar-refractivity contribution in [3.05, 3.63) is 46.5 Å². The monoisotopic (exact) mass is 214 g/mol. The van der Waals surface area contributed by atoms with Crippen molar-refractivity contribution in [2.45, 2.75) is 0 Å². The zero-order valence-electron chi connectivity index (χ0n) is 6.96. The van der Waals surface area contributed by atoms with Gasteiger partial charge in [0.1, 0.15) is 0 Å². The van der Waals surface area contributed by atoms with Gasteiger partial charge in [-0.3, -0.25) is 0 Å². The number of thiophene rings is 1. The molecule has 0 amide bonds. The molecule has 0 unspecified atom stereocenters. The summed E-state index contributed by atoms with van der Waals surface area (Å²) < 4.78 is 21.0. The molecule has 0 spiro atoms. The Balaban J connectivity index is 0.000000145. The Morgan fingerprint density at radius 3 is 2.00 bits per heavy atom. The highest BCUT2D eigenvalue weighted by atomic mass is 32.2. The molecular formula is C9H10O2S2. The van der Waals surface area contributed by atoms with Gasteiger partial charge in [-0.1, -0.05) is 30.4 Å². The van der Waals surface area contributed by atoms with Crippen LogP contribution in [0.5, 0.6) is 0 Å². The Labute approximate surface area is 82.1 Å². The molecule has 0 saturated carbocycles. The maximum absolute atomic E-state index is 10.5. The second-order valence-electron chi connectivity index (χ2n) is 2.38. The van der Waals surface area contributed by atoms with E-state index in [0.29, 0.717) is 0 Å². The predicted octanol–water partition coefficient (Wildman–Crippen LogP) is 2.23. The SMILES string of the molecule is O=S1(=O)C=CC=CC1.c1ccsc1. The maximum atomic E-state index is 10.5. The first-order valence-electron chi connectivity index (χ1n) is 3.74. The van der Waals surface area contributed by atoms with Crippen molar-refractivity contribution in [3.8, 4) is 0 Å². The van der Waals surface area contributed by atoms with Gasteiger partial charge in [-0.15, -0.1) is 0 Å². The highest BCUT2D eigenvalue weighted by Crippen LogP contribution is 1.98. The highest BCUT2D eigenvalue weighted by Gasteiger charge is 2.02. The summed E-state index contributed by atoms with van der Waals surface area (Å²) in [5.74, 6) is 0.156. The van der Waals surface area contributed by atoms with Gasteiger partial charge in [0, 0.05) is 5.41 Å². The normalized spacial score (nSPS) is 17.5. The van der Waals surface area contributed by atoms with Crippen LogP contribution in [-0.4, -0.2) is 14.2 Å². The van der Waals surface area contributed by atoms with E-state index in [1.54, 1.807) is 23.5 Å². The minimum atomic E-state index is -2.85. The molecule has 0 bridgehead atoms. The predicted molar refractivity (Wildman–Crippen MR) is 56.4 cm³/mol. The number of hydrogen-bond donors (Lipinski definition) is 0. The van der Waals surface area contributed by atoms with Crippen molar-refractivity contribution < 1.29 is 8.42 Å². The standard InChI is InChI=1S/C5H6O2S.C4H4S/c6-8(7)4-2-1-3-5-8;1-2-4-5-3-1/h1-4H,5H2;1-4H. The summed E-state index contributed by atoms with van der Waals surface area (Å²) in [5, 5.41) is 5.30. The van der Waals surface area contributed by atoms with Crippen LogP contribution in [0.15, 0.2) is 46.5 Å². The van der Waals surface area contributed by atoms with Gasteiger partial charge in [-0.05, 0) is 10.8 Å². The molecule has 1 aliphatic rings. The lowest BCUT2D eigenvalue weighted by Gasteiger charge is -1.93. The molecule has 0 aliphatic carbocycles. The maximum Gasteiger partial charge on any atom is 0.175 e. The molecule has 0 atom stereocenters. The Morgan fingerprint density at radius 1 is 1.08 bits per heavy atom. The molecule has 0 fully saturated rings. The molecule has 2 heterocycles. The van der Waals surface area contributed by atoms with Gasteiger partial charge in [0.2, 0.25) is 0 Å². The van der Waals surface area contributed by atoms with E-state index < -0.39 is 9.84 Å². The third kappa shape index (κ3) is 4.65. The number of rotatable bonds is 0. The second kappa shape index (κ2) is 4.99. The lowest BCUT2D eigenvalue weighted by Crippen LogP contribution is -2.00. The fraction of sp³-hybridized carbons (Fsp3) is 0.111. The van der Waals surface area contributed by atoms with Gasteiger partial charge in [0.05, 0.1) is 5.75 Å². The van der Waals surface area contributed by atoms with Gasteiger partial charge in [0.25, 0.3) is 0 Å². The van der Waals surface area contributed by atoms with Crippen LogP contribution in [0.2, 0.25) is 0 Å². The zero-order valence-corrected chi connectivity index (χ0v) is 8.59. The first-order chi connectivity index (χ1) is 6.21. The minimum absolute atomic E-state index is 0.156. The average Bonchev–Trinajstić information content (AvgIpc) is 2.60. The summed E-state index contributed by atoms with van der Waals surface area (Å²) in [4.78, 5) is 0.